The number of hydrogen-bond acceptors (Lipinski definition) is 1. The van der Waals surface area contributed by atoms with E-state index in [0.29, 0.717) is 0 Å². The Morgan fingerprint density at radius 1 is 1.00 bits per heavy atom. The zero-order chi connectivity index (χ0) is 10.4. The second-order valence-electron chi connectivity index (χ2n) is 3.83. The lowest BCUT2D eigenvalue weighted by molar-refractivity contribution is 0.104. The molecule has 0 N–H and O–H groups in total. The molecule has 2 aliphatic rings. The first-order chi connectivity index (χ1) is 7.27. The van der Waals surface area contributed by atoms with Crippen LogP contribution in [0.1, 0.15) is 28.8 Å². The van der Waals surface area contributed by atoms with Crippen LogP contribution in [0.5, 0.6) is 0 Å². The van der Waals surface area contributed by atoms with Gasteiger partial charge in [0.15, 0.2) is 5.78 Å². The van der Waals surface area contributed by atoms with Crippen molar-refractivity contribution in [3.63, 3.8) is 0 Å². The number of halogens is 1. The van der Waals surface area contributed by atoms with Gasteiger partial charge < -0.3 is 0 Å². The van der Waals surface area contributed by atoms with Gasteiger partial charge in [0.05, 0.1) is 0 Å². The number of hydrogen-bond donors (Lipinski definition) is 0. The van der Waals surface area contributed by atoms with E-state index in [4.69, 9.17) is 0 Å². The van der Waals surface area contributed by atoms with Crippen molar-refractivity contribution in [2.45, 2.75) is 12.8 Å². The fourth-order valence-corrected chi connectivity index (χ4v) is 2.59. The van der Waals surface area contributed by atoms with Crippen LogP contribution in [0.4, 0.5) is 0 Å². The molecule has 74 valence electrons. The van der Waals surface area contributed by atoms with Gasteiger partial charge in [-0.1, -0.05) is 34.1 Å². The molecule has 1 aromatic carbocycles. The Balaban J connectivity index is 2.29. The van der Waals surface area contributed by atoms with Gasteiger partial charge in [0.1, 0.15) is 0 Å². The number of carbonyl (C=O) groups excluding carboxylic acids is 1. The third-order valence-corrected chi connectivity index (χ3v) is 3.41. The largest absolute Gasteiger partial charge is 0.289 e. The summed E-state index contributed by atoms with van der Waals surface area (Å²) in [7, 11) is 0. The van der Waals surface area contributed by atoms with Crippen LogP contribution in [0.15, 0.2) is 40.4 Å². The van der Waals surface area contributed by atoms with Gasteiger partial charge in [0, 0.05) is 15.6 Å². The lowest BCUT2D eigenvalue weighted by Gasteiger charge is -2.06. The van der Waals surface area contributed by atoms with Crippen molar-refractivity contribution in [3.05, 3.63) is 51.5 Å². The van der Waals surface area contributed by atoms with E-state index in [1.807, 2.05) is 18.2 Å². The quantitative estimate of drug-likeness (QED) is 0.695. The summed E-state index contributed by atoms with van der Waals surface area (Å²) in [6, 6.07) is 5.93. The highest BCUT2D eigenvalue weighted by Gasteiger charge is 2.30. The molecule has 3 rings (SSSR count). The number of benzene rings is 1. The van der Waals surface area contributed by atoms with E-state index < -0.39 is 0 Å². The average Bonchev–Trinajstić information content (AvgIpc) is 2.54. The SMILES string of the molecule is O=C1C2=CCCC=C2c2ccc(Br)cc21. The van der Waals surface area contributed by atoms with Crippen molar-refractivity contribution in [1.29, 1.82) is 0 Å². The highest BCUT2D eigenvalue weighted by atomic mass is 79.9. The maximum atomic E-state index is 12.1. The minimum Gasteiger partial charge on any atom is -0.289 e. The van der Waals surface area contributed by atoms with E-state index in [2.05, 4.69) is 28.1 Å². The Hall–Kier alpha value is -1.15. The van der Waals surface area contributed by atoms with E-state index >= 15 is 0 Å². The molecule has 0 saturated carbocycles. The van der Waals surface area contributed by atoms with Gasteiger partial charge in [-0.2, -0.15) is 0 Å². The van der Waals surface area contributed by atoms with Crippen molar-refractivity contribution in [2.75, 3.05) is 0 Å². The third-order valence-electron chi connectivity index (χ3n) is 2.91. The van der Waals surface area contributed by atoms with Crippen molar-refractivity contribution < 1.29 is 4.79 Å². The highest BCUT2D eigenvalue weighted by Crippen LogP contribution is 2.40. The van der Waals surface area contributed by atoms with Crippen LogP contribution in [0.25, 0.3) is 5.57 Å². The average molecular weight is 261 g/mol. The van der Waals surface area contributed by atoms with Crippen molar-refractivity contribution in [2.24, 2.45) is 0 Å². The van der Waals surface area contributed by atoms with Gasteiger partial charge in [-0.3, -0.25) is 4.79 Å². The first-order valence-corrected chi connectivity index (χ1v) is 5.82. The minimum absolute atomic E-state index is 0.178. The monoisotopic (exact) mass is 260 g/mol. The molecular weight excluding hydrogens is 252 g/mol. The molecule has 1 aromatic rings. The van der Waals surface area contributed by atoms with Crippen LogP contribution in [-0.4, -0.2) is 5.78 Å². The molecule has 0 bridgehead atoms. The number of rotatable bonds is 0. The maximum absolute atomic E-state index is 12.1. The summed E-state index contributed by atoms with van der Waals surface area (Å²) in [5.41, 5.74) is 3.96. The molecule has 0 heterocycles. The van der Waals surface area contributed by atoms with Crippen LogP contribution < -0.4 is 0 Å². The number of allylic oxidation sites excluding steroid dienone is 4. The third kappa shape index (κ3) is 1.25. The van der Waals surface area contributed by atoms with E-state index in [1.165, 1.54) is 0 Å². The molecule has 0 amide bonds. The Bertz CT molecular complexity index is 523. The summed E-state index contributed by atoms with van der Waals surface area (Å²) in [5, 5.41) is 0. The molecule has 0 aromatic heterocycles. The second-order valence-corrected chi connectivity index (χ2v) is 4.75. The second kappa shape index (κ2) is 3.17. The number of carbonyl (C=O) groups is 1. The molecule has 0 radical (unpaired) electrons. The van der Waals surface area contributed by atoms with Crippen LogP contribution >= 0.6 is 15.9 Å². The normalized spacial score (nSPS) is 18.1. The zero-order valence-electron chi connectivity index (χ0n) is 8.09. The molecule has 0 fully saturated rings. The Kier molecular flexibility index (Phi) is 1.93. The molecule has 0 unspecified atom stereocenters. The summed E-state index contributed by atoms with van der Waals surface area (Å²) >= 11 is 3.40. The molecule has 2 heteroatoms. The van der Waals surface area contributed by atoms with Gasteiger partial charge in [0.2, 0.25) is 0 Å². The summed E-state index contributed by atoms with van der Waals surface area (Å²) in [5.74, 6) is 0.178. The standard InChI is InChI=1S/C13H9BrO/c14-8-5-6-10-9-3-1-2-4-11(9)13(15)12(10)7-8/h3-7H,1-2H2. The van der Waals surface area contributed by atoms with Gasteiger partial charge >= 0.3 is 0 Å². The van der Waals surface area contributed by atoms with Crippen LogP contribution in [0.2, 0.25) is 0 Å². The van der Waals surface area contributed by atoms with Gasteiger partial charge in [-0.15, -0.1) is 0 Å². The first-order valence-electron chi connectivity index (χ1n) is 5.02. The molecule has 0 saturated heterocycles. The van der Waals surface area contributed by atoms with E-state index in [0.717, 1.165) is 39.6 Å². The van der Waals surface area contributed by atoms with Crippen LogP contribution in [-0.2, 0) is 0 Å². The van der Waals surface area contributed by atoms with Gasteiger partial charge in [-0.25, -0.2) is 0 Å². The lowest BCUT2D eigenvalue weighted by Crippen LogP contribution is -1.96. The van der Waals surface area contributed by atoms with E-state index in [-0.39, 0.29) is 5.78 Å². The topological polar surface area (TPSA) is 17.1 Å². The highest BCUT2D eigenvalue weighted by molar-refractivity contribution is 9.10. The first kappa shape index (κ1) is 9.10. The van der Waals surface area contributed by atoms with Gasteiger partial charge in [0.25, 0.3) is 0 Å². The summed E-state index contributed by atoms with van der Waals surface area (Å²) in [4.78, 5) is 12.1. The summed E-state index contributed by atoms with van der Waals surface area (Å²) in [6.45, 7) is 0. The summed E-state index contributed by atoms with van der Waals surface area (Å²) < 4.78 is 0.967. The smallest absolute Gasteiger partial charge is 0.193 e. The molecule has 15 heavy (non-hydrogen) atoms. The van der Waals surface area contributed by atoms with Crippen molar-refractivity contribution >= 4 is 27.3 Å². The van der Waals surface area contributed by atoms with Gasteiger partial charge in [-0.05, 0) is 36.1 Å². The number of Topliss-reactive ketones (excluding diaryl/α,β-unsaturated/α-hetero) is 1. The number of ketones is 1. The molecule has 2 aliphatic carbocycles. The fraction of sp³-hybridized carbons (Fsp3) is 0.154. The Morgan fingerprint density at radius 2 is 1.73 bits per heavy atom. The molecule has 0 aliphatic heterocycles. The lowest BCUT2D eigenvalue weighted by atomic mass is 9.98. The van der Waals surface area contributed by atoms with Crippen molar-refractivity contribution in [1.82, 2.24) is 0 Å². The molecule has 0 atom stereocenters. The predicted molar refractivity (Wildman–Crippen MR) is 63.8 cm³/mol. The Morgan fingerprint density at radius 3 is 2.53 bits per heavy atom. The van der Waals surface area contributed by atoms with E-state index in [1.54, 1.807) is 0 Å². The minimum atomic E-state index is 0.178. The van der Waals surface area contributed by atoms with Crippen LogP contribution in [0.3, 0.4) is 0 Å². The molecular formula is C13H9BrO. The zero-order valence-corrected chi connectivity index (χ0v) is 9.67. The molecule has 0 spiro atoms. The Labute approximate surface area is 96.6 Å². The fourth-order valence-electron chi connectivity index (χ4n) is 2.23. The summed E-state index contributed by atoms with van der Waals surface area (Å²) in [6.07, 6.45) is 6.26. The predicted octanol–water partition coefficient (Wildman–Crippen LogP) is 3.75. The van der Waals surface area contributed by atoms with Crippen molar-refractivity contribution in [3.8, 4) is 0 Å². The maximum Gasteiger partial charge on any atom is 0.193 e. The van der Waals surface area contributed by atoms with Crippen LogP contribution in [0, 0.1) is 0 Å². The number of fused-ring (bicyclic) bond motifs is 3. The van der Waals surface area contributed by atoms with E-state index in [9.17, 15) is 4.79 Å². The molecule has 1 nitrogen and oxygen atoms in total.